The van der Waals surface area contributed by atoms with Gasteiger partial charge < -0.3 is 3.55 Å². The Labute approximate surface area is 95.8 Å². The summed E-state index contributed by atoms with van der Waals surface area (Å²) in [5.74, 6) is 0. The molecule has 2 heterocycles. The Bertz CT molecular complexity index is 556. The molecule has 0 atom stereocenters. The third-order valence-electron chi connectivity index (χ3n) is 2.45. The summed E-state index contributed by atoms with van der Waals surface area (Å²) in [6.45, 7) is 1.95. The molecule has 0 saturated heterocycles. The molecule has 0 fully saturated rings. The van der Waals surface area contributed by atoms with Crippen LogP contribution < -0.4 is 5.56 Å². The molecule has 2 rings (SSSR count). The third-order valence-corrected chi connectivity index (χ3v) is 3.15. The fourth-order valence-electron chi connectivity index (χ4n) is 1.59. The van der Waals surface area contributed by atoms with E-state index in [1.54, 1.807) is 14.3 Å². The van der Waals surface area contributed by atoms with E-state index in [4.69, 9.17) is 0 Å². The molecule has 0 N–H and O–H groups in total. The molecule has 0 bridgehead atoms. The highest BCUT2D eigenvalue weighted by Gasteiger charge is 2.05. The lowest BCUT2D eigenvalue weighted by molar-refractivity contribution is 0.768. The van der Waals surface area contributed by atoms with Gasteiger partial charge in [0.05, 0.1) is 6.20 Å². The van der Waals surface area contributed by atoms with Crippen molar-refractivity contribution >= 4 is 16.5 Å². The van der Waals surface area contributed by atoms with E-state index < -0.39 is 0 Å². The molecule has 0 spiro atoms. The fourth-order valence-corrected chi connectivity index (χ4v) is 1.97. The van der Waals surface area contributed by atoms with E-state index in [2.05, 4.69) is 5.10 Å². The van der Waals surface area contributed by atoms with Crippen LogP contribution in [0.1, 0.15) is 5.56 Å². The van der Waals surface area contributed by atoms with Crippen molar-refractivity contribution in [1.82, 2.24) is 13.3 Å². The number of hydrogen-bond donors (Lipinski definition) is 0. The van der Waals surface area contributed by atoms with Crippen LogP contribution in [0, 0.1) is 6.92 Å². The van der Waals surface area contributed by atoms with Gasteiger partial charge in [0.1, 0.15) is 0 Å². The number of pyridine rings is 1. The summed E-state index contributed by atoms with van der Waals surface area (Å²) < 4.78 is 3.48. The van der Waals surface area contributed by atoms with E-state index in [0.29, 0.717) is 16.5 Å². The van der Waals surface area contributed by atoms with E-state index in [0.717, 1.165) is 16.7 Å². The lowest BCUT2D eigenvalue weighted by Gasteiger charge is -2.05. The van der Waals surface area contributed by atoms with Gasteiger partial charge in [-0.15, -0.1) is 0 Å². The number of aromatic nitrogens is 3. The Hall–Kier alpha value is -1.31. The van der Waals surface area contributed by atoms with E-state index in [1.807, 2.05) is 32.6 Å². The monoisotopic (exact) mass is 217 g/mol. The first-order chi connectivity index (χ1) is 7.08. The zero-order valence-electron chi connectivity index (χ0n) is 9.06. The Kier molecular flexibility index (Phi) is 2.51. The van der Waals surface area contributed by atoms with Crippen molar-refractivity contribution in [2.75, 3.05) is 0 Å². The van der Waals surface area contributed by atoms with E-state index >= 15 is 0 Å². The molecule has 0 saturated carbocycles. The van der Waals surface area contributed by atoms with Crippen LogP contribution in [-0.2, 0) is 7.05 Å². The Morgan fingerprint density at radius 2 is 2.13 bits per heavy atom. The molecule has 0 aromatic carbocycles. The smallest absolute Gasteiger partial charge is 0.374 e. The second kappa shape index (κ2) is 3.69. The summed E-state index contributed by atoms with van der Waals surface area (Å²) in [6.07, 6.45) is 5.67. The molecular formula is C10H12AlN3O. The van der Waals surface area contributed by atoms with Crippen LogP contribution in [0.25, 0.3) is 11.1 Å². The van der Waals surface area contributed by atoms with Gasteiger partial charge in [0.25, 0.3) is 0 Å². The molecule has 0 radical (unpaired) electrons. The first-order valence-corrected chi connectivity index (χ1v) is 5.63. The molecule has 0 aliphatic carbocycles. The zero-order valence-corrected chi connectivity index (χ0v) is 11.1. The Morgan fingerprint density at radius 1 is 1.40 bits per heavy atom. The molecule has 15 heavy (non-hydrogen) atoms. The summed E-state index contributed by atoms with van der Waals surface area (Å²) in [6, 6.07) is 1.68. The van der Waals surface area contributed by atoms with Crippen molar-refractivity contribution in [3.05, 3.63) is 40.6 Å². The number of rotatable bonds is 1. The average molecular weight is 217 g/mol. The molecule has 4 nitrogen and oxygen atoms in total. The van der Waals surface area contributed by atoms with Crippen molar-refractivity contribution in [2.45, 2.75) is 6.92 Å². The second-order valence-corrected chi connectivity index (χ2v) is 4.69. The van der Waals surface area contributed by atoms with Gasteiger partial charge in [-0.3, -0.25) is 9.48 Å². The zero-order chi connectivity index (χ0) is 11.0. The van der Waals surface area contributed by atoms with E-state index in [1.165, 1.54) is 0 Å². The minimum absolute atomic E-state index is 0.0757. The highest BCUT2D eigenvalue weighted by Crippen LogP contribution is 2.20. The van der Waals surface area contributed by atoms with Gasteiger partial charge in [-0.2, -0.15) is 5.10 Å². The van der Waals surface area contributed by atoms with Crippen LogP contribution >= 0.6 is 0 Å². The summed E-state index contributed by atoms with van der Waals surface area (Å²) in [7, 11) is 1.88. The normalized spacial score (nSPS) is 10.5. The van der Waals surface area contributed by atoms with Gasteiger partial charge in [0.15, 0.2) is 0 Å². The molecule has 0 aliphatic heterocycles. The molecule has 76 valence electrons. The molecule has 0 aliphatic rings. The van der Waals surface area contributed by atoms with Crippen molar-refractivity contribution in [1.29, 1.82) is 0 Å². The van der Waals surface area contributed by atoms with Crippen LogP contribution in [0.4, 0.5) is 0 Å². The molecule has 0 amide bonds. The van der Waals surface area contributed by atoms with E-state index in [9.17, 15) is 4.79 Å². The first-order valence-electron chi connectivity index (χ1n) is 4.74. The summed E-state index contributed by atoms with van der Waals surface area (Å²) >= 11 is 0.707. The van der Waals surface area contributed by atoms with Crippen LogP contribution in [0.15, 0.2) is 29.5 Å². The summed E-state index contributed by atoms with van der Waals surface area (Å²) in [5.41, 5.74) is 3.21. The number of hydrogen-bond acceptors (Lipinski definition) is 2. The maximum atomic E-state index is 11.4. The number of nitrogens with zero attached hydrogens (tertiary/aromatic N) is 3. The van der Waals surface area contributed by atoms with E-state index in [-0.39, 0.29) is 5.56 Å². The number of aryl methyl sites for hydroxylation is 2. The molecular weight excluding hydrogens is 205 g/mol. The largest absolute Gasteiger partial charge is 0.415 e. The lowest BCUT2D eigenvalue weighted by atomic mass is 10.1. The molecule has 2 aromatic rings. The standard InChI is InChI=1S/C10H11N3O.Al.2H/c1-7-3-10(14)11-5-9(7)8-4-12-13(2)6-8;;;/h3-6H,1-2H3,(H,11,14);;;/q;+1;;/p-1. The SMILES string of the molecule is Cc1cc(=O)[n]([AlH2])cc1-c1cnn(C)c1. The van der Waals surface area contributed by atoms with Crippen molar-refractivity contribution in [3.63, 3.8) is 0 Å². The van der Waals surface area contributed by atoms with Gasteiger partial charge in [0, 0.05) is 30.4 Å². The average Bonchev–Trinajstić information content (AvgIpc) is 2.58. The minimum Gasteiger partial charge on any atom is -0.415 e. The van der Waals surface area contributed by atoms with Crippen molar-refractivity contribution in [3.8, 4) is 11.1 Å². The van der Waals surface area contributed by atoms with Gasteiger partial charge in [0.2, 0.25) is 5.56 Å². The predicted octanol–water partition coefficient (Wildman–Crippen LogP) is -0.0466. The Balaban J connectivity index is 2.63. The quantitative estimate of drug-likeness (QED) is 0.628. The molecule has 2 aromatic heterocycles. The lowest BCUT2D eigenvalue weighted by Crippen LogP contribution is -2.17. The Morgan fingerprint density at radius 3 is 2.73 bits per heavy atom. The van der Waals surface area contributed by atoms with Gasteiger partial charge >= 0.3 is 16.5 Å². The molecule has 5 heteroatoms. The first kappa shape index (κ1) is 10.2. The highest BCUT2D eigenvalue weighted by molar-refractivity contribution is 6.06. The maximum absolute atomic E-state index is 11.4. The van der Waals surface area contributed by atoms with Crippen molar-refractivity contribution < 1.29 is 0 Å². The second-order valence-electron chi connectivity index (χ2n) is 3.72. The minimum atomic E-state index is 0.0757. The third kappa shape index (κ3) is 1.89. The molecule has 0 unspecified atom stereocenters. The van der Waals surface area contributed by atoms with Crippen LogP contribution in [0.5, 0.6) is 0 Å². The van der Waals surface area contributed by atoms with Crippen LogP contribution in [0.2, 0.25) is 0 Å². The van der Waals surface area contributed by atoms with Crippen LogP contribution in [0.3, 0.4) is 0 Å². The van der Waals surface area contributed by atoms with Crippen molar-refractivity contribution in [2.24, 2.45) is 7.05 Å². The van der Waals surface area contributed by atoms with Gasteiger partial charge in [-0.25, -0.2) is 0 Å². The highest BCUT2D eigenvalue weighted by atomic mass is 27.1. The van der Waals surface area contributed by atoms with Gasteiger partial charge in [-0.1, -0.05) is 0 Å². The van der Waals surface area contributed by atoms with Crippen LogP contribution in [-0.4, -0.2) is 29.8 Å². The maximum Gasteiger partial charge on any atom is 0.374 e. The topological polar surface area (TPSA) is 39.8 Å². The predicted molar refractivity (Wildman–Crippen MR) is 61.6 cm³/mol. The summed E-state index contributed by atoms with van der Waals surface area (Å²) in [4.78, 5) is 11.4. The van der Waals surface area contributed by atoms with Gasteiger partial charge in [-0.05, 0) is 18.7 Å². The fraction of sp³-hybridized carbons (Fsp3) is 0.200. The summed E-state index contributed by atoms with van der Waals surface area (Å²) in [5, 5.41) is 4.13.